The average molecular weight is 307 g/mol. The van der Waals surface area contributed by atoms with Crippen molar-refractivity contribution in [3.8, 4) is 5.75 Å². The van der Waals surface area contributed by atoms with Gasteiger partial charge in [-0.1, -0.05) is 38.8 Å². The van der Waals surface area contributed by atoms with Crippen molar-refractivity contribution in [1.29, 1.82) is 0 Å². The molecule has 4 heteroatoms. The second kappa shape index (κ2) is 7.62. The molecule has 1 heterocycles. The number of rotatable bonds is 7. The largest absolute Gasteiger partial charge is 0.487 e. The summed E-state index contributed by atoms with van der Waals surface area (Å²) in [5, 5.41) is 5.08. The van der Waals surface area contributed by atoms with Crippen LogP contribution in [0.15, 0.2) is 30.5 Å². The standard InChI is InChI=1S/C17H23ClN2O/c1-4-6-13(11-20-12(2)3)21-16-9-8-15(18)14-7-5-10-19-17(14)16/h5,7-10,12-13,20H,4,6,11H2,1-3H3. The van der Waals surface area contributed by atoms with E-state index in [9.17, 15) is 0 Å². The minimum Gasteiger partial charge on any atom is -0.487 e. The maximum absolute atomic E-state index is 6.22. The average Bonchev–Trinajstić information content (AvgIpc) is 2.48. The molecule has 3 nitrogen and oxygen atoms in total. The highest BCUT2D eigenvalue weighted by molar-refractivity contribution is 6.35. The van der Waals surface area contributed by atoms with Gasteiger partial charge in [-0.2, -0.15) is 0 Å². The van der Waals surface area contributed by atoms with Crippen LogP contribution in [0.1, 0.15) is 33.6 Å². The molecule has 2 rings (SSSR count). The Morgan fingerprint density at radius 1 is 1.29 bits per heavy atom. The molecule has 114 valence electrons. The molecule has 1 N–H and O–H groups in total. The Kier molecular flexibility index (Phi) is 5.83. The zero-order chi connectivity index (χ0) is 15.2. The molecular formula is C17H23ClN2O. The molecule has 2 aromatic rings. The van der Waals surface area contributed by atoms with Gasteiger partial charge in [-0.25, -0.2) is 0 Å². The Bertz CT molecular complexity index is 586. The van der Waals surface area contributed by atoms with E-state index in [1.807, 2.05) is 24.3 Å². The SMILES string of the molecule is CCCC(CNC(C)C)Oc1ccc(Cl)c2cccnc12. The predicted molar refractivity (Wildman–Crippen MR) is 89.2 cm³/mol. The molecule has 0 bridgehead atoms. The summed E-state index contributed by atoms with van der Waals surface area (Å²) in [6.45, 7) is 7.29. The maximum atomic E-state index is 6.22. The third-order valence-electron chi connectivity index (χ3n) is 3.34. The second-order valence-corrected chi connectivity index (χ2v) is 5.94. The first-order valence-electron chi connectivity index (χ1n) is 7.55. The van der Waals surface area contributed by atoms with Gasteiger partial charge in [0, 0.05) is 24.2 Å². The lowest BCUT2D eigenvalue weighted by molar-refractivity contribution is 0.185. The molecule has 0 radical (unpaired) electrons. The summed E-state index contributed by atoms with van der Waals surface area (Å²) in [6, 6.07) is 8.10. The zero-order valence-corrected chi connectivity index (χ0v) is 13.7. The number of hydrogen-bond acceptors (Lipinski definition) is 3. The van der Waals surface area contributed by atoms with E-state index in [0.29, 0.717) is 11.1 Å². The molecule has 0 fully saturated rings. The number of benzene rings is 1. The lowest BCUT2D eigenvalue weighted by atomic mass is 10.1. The third-order valence-corrected chi connectivity index (χ3v) is 3.67. The van der Waals surface area contributed by atoms with Crippen LogP contribution in [0.2, 0.25) is 5.02 Å². The topological polar surface area (TPSA) is 34.1 Å². The second-order valence-electron chi connectivity index (χ2n) is 5.54. The van der Waals surface area contributed by atoms with Crippen LogP contribution in [0.5, 0.6) is 5.75 Å². The Morgan fingerprint density at radius 2 is 2.10 bits per heavy atom. The van der Waals surface area contributed by atoms with E-state index >= 15 is 0 Å². The van der Waals surface area contributed by atoms with Crippen LogP contribution in [-0.2, 0) is 0 Å². The van der Waals surface area contributed by atoms with E-state index in [4.69, 9.17) is 16.3 Å². The number of fused-ring (bicyclic) bond motifs is 1. The number of hydrogen-bond donors (Lipinski definition) is 1. The first-order chi connectivity index (χ1) is 10.1. The number of aromatic nitrogens is 1. The van der Waals surface area contributed by atoms with Crippen molar-refractivity contribution in [3.63, 3.8) is 0 Å². The van der Waals surface area contributed by atoms with Crippen LogP contribution in [0.3, 0.4) is 0 Å². The first kappa shape index (κ1) is 16.1. The van der Waals surface area contributed by atoms with Crippen molar-refractivity contribution in [3.05, 3.63) is 35.5 Å². The molecule has 0 amide bonds. The quantitative estimate of drug-likeness (QED) is 0.821. The number of ether oxygens (including phenoxy) is 1. The van der Waals surface area contributed by atoms with E-state index in [2.05, 4.69) is 31.1 Å². The highest BCUT2D eigenvalue weighted by atomic mass is 35.5. The number of nitrogens with zero attached hydrogens (tertiary/aromatic N) is 1. The fourth-order valence-electron chi connectivity index (χ4n) is 2.28. The minimum atomic E-state index is 0.142. The summed E-state index contributed by atoms with van der Waals surface area (Å²) < 4.78 is 6.19. The number of halogens is 1. The molecule has 0 aliphatic carbocycles. The van der Waals surface area contributed by atoms with Gasteiger partial charge in [-0.15, -0.1) is 0 Å². The lowest BCUT2D eigenvalue weighted by Crippen LogP contribution is -2.35. The van der Waals surface area contributed by atoms with Crippen LogP contribution in [0.4, 0.5) is 0 Å². The van der Waals surface area contributed by atoms with E-state index in [1.54, 1.807) is 6.20 Å². The van der Waals surface area contributed by atoms with Crippen LogP contribution >= 0.6 is 11.6 Å². The number of nitrogens with one attached hydrogen (secondary N) is 1. The molecule has 0 spiro atoms. The Morgan fingerprint density at radius 3 is 2.81 bits per heavy atom. The van der Waals surface area contributed by atoms with Gasteiger partial charge in [-0.05, 0) is 30.7 Å². The van der Waals surface area contributed by atoms with Gasteiger partial charge < -0.3 is 10.1 Å². The molecule has 1 unspecified atom stereocenters. The van der Waals surface area contributed by atoms with Gasteiger partial charge in [0.1, 0.15) is 17.4 Å². The Balaban J connectivity index is 2.22. The van der Waals surface area contributed by atoms with Crippen molar-refractivity contribution >= 4 is 22.5 Å². The Labute approximate surface area is 131 Å². The molecule has 0 saturated carbocycles. The molecule has 1 aromatic carbocycles. The molecule has 0 saturated heterocycles. The molecule has 21 heavy (non-hydrogen) atoms. The van der Waals surface area contributed by atoms with Crippen molar-refractivity contribution < 1.29 is 4.74 Å². The van der Waals surface area contributed by atoms with E-state index in [-0.39, 0.29) is 6.10 Å². The van der Waals surface area contributed by atoms with Gasteiger partial charge in [-0.3, -0.25) is 4.98 Å². The molecule has 0 aliphatic heterocycles. The van der Waals surface area contributed by atoms with E-state index < -0.39 is 0 Å². The summed E-state index contributed by atoms with van der Waals surface area (Å²) in [7, 11) is 0. The zero-order valence-electron chi connectivity index (χ0n) is 12.9. The van der Waals surface area contributed by atoms with Gasteiger partial charge in [0.25, 0.3) is 0 Å². The molecule has 0 aliphatic rings. The third kappa shape index (κ3) is 4.32. The molecule has 1 atom stereocenters. The fraction of sp³-hybridized carbons (Fsp3) is 0.471. The van der Waals surface area contributed by atoms with Crippen molar-refractivity contribution in [1.82, 2.24) is 10.3 Å². The summed E-state index contributed by atoms with van der Waals surface area (Å²) in [4.78, 5) is 4.42. The van der Waals surface area contributed by atoms with Gasteiger partial charge in [0.15, 0.2) is 0 Å². The summed E-state index contributed by atoms with van der Waals surface area (Å²) in [5.74, 6) is 0.805. The van der Waals surface area contributed by atoms with Crippen LogP contribution in [0.25, 0.3) is 10.9 Å². The highest BCUT2D eigenvalue weighted by Gasteiger charge is 2.13. The highest BCUT2D eigenvalue weighted by Crippen LogP contribution is 2.30. The fourth-order valence-corrected chi connectivity index (χ4v) is 2.49. The number of pyridine rings is 1. The van der Waals surface area contributed by atoms with Crippen LogP contribution in [-0.4, -0.2) is 23.7 Å². The van der Waals surface area contributed by atoms with Crippen molar-refractivity contribution in [2.24, 2.45) is 0 Å². The predicted octanol–water partition coefficient (Wildman–Crippen LogP) is 4.43. The van der Waals surface area contributed by atoms with E-state index in [1.165, 1.54) is 0 Å². The lowest BCUT2D eigenvalue weighted by Gasteiger charge is -2.21. The van der Waals surface area contributed by atoms with Gasteiger partial charge in [0.05, 0.1) is 5.02 Å². The van der Waals surface area contributed by atoms with Gasteiger partial charge in [0.2, 0.25) is 0 Å². The summed E-state index contributed by atoms with van der Waals surface area (Å²) >= 11 is 6.22. The first-order valence-corrected chi connectivity index (χ1v) is 7.93. The Hall–Kier alpha value is -1.32. The summed E-state index contributed by atoms with van der Waals surface area (Å²) in [5.41, 5.74) is 0.829. The van der Waals surface area contributed by atoms with E-state index in [0.717, 1.165) is 36.0 Å². The molecule has 1 aromatic heterocycles. The summed E-state index contributed by atoms with van der Waals surface area (Å²) in [6.07, 6.45) is 4.01. The normalized spacial score (nSPS) is 12.8. The molecular weight excluding hydrogens is 284 g/mol. The van der Waals surface area contributed by atoms with Gasteiger partial charge >= 0.3 is 0 Å². The van der Waals surface area contributed by atoms with Crippen LogP contribution in [0, 0.1) is 0 Å². The minimum absolute atomic E-state index is 0.142. The maximum Gasteiger partial charge on any atom is 0.146 e. The smallest absolute Gasteiger partial charge is 0.146 e. The monoisotopic (exact) mass is 306 g/mol. The van der Waals surface area contributed by atoms with Crippen LogP contribution < -0.4 is 10.1 Å². The van der Waals surface area contributed by atoms with Crippen molar-refractivity contribution in [2.45, 2.75) is 45.8 Å². The van der Waals surface area contributed by atoms with Crippen molar-refractivity contribution in [2.75, 3.05) is 6.54 Å².